The number of rotatable bonds is 5. The summed E-state index contributed by atoms with van der Waals surface area (Å²) < 4.78 is 43.5. The summed E-state index contributed by atoms with van der Waals surface area (Å²) in [6.07, 6.45) is 3.60. The number of fused-ring (bicyclic) bond motifs is 5. The first-order valence-corrected chi connectivity index (χ1v) is 18.6. The molecule has 3 aliphatic rings. The van der Waals surface area contributed by atoms with Crippen molar-refractivity contribution in [3.05, 3.63) is 76.1 Å². The van der Waals surface area contributed by atoms with Crippen molar-refractivity contribution < 1.29 is 28.0 Å². The molecule has 2 saturated heterocycles. The van der Waals surface area contributed by atoms with Crippen molar-refractivity contribution in [3.8, 4) is 28.3 Å². The van der Waals surface area contributed by atoms with Crippen molar-refractivity contribution in [1.82, 2.24) is 19.4 Å². The summed E-state index contributed by atoms with van der Waals surface area (Å²) in [5, 5.41) is 0.943. The number of aromatic amines is 1. The number of imidazole rings is 1. The number of carbonyl (C=O) groups excluding carboxylic acids is 1. The SMILES string of the molecule is CCc1ccc(C2Oc3cc(B4OC(C)(C)C(C)(C)O4)cc(F)c3-c3cc4cc(-c5cnc(C6CCCN6C(=O)OC(C)(C)C)[nH]5)ccc4n32)s1. The van der Waals surface area contributed by atoms with Crippen LogP contribution in [0.1, 0.15) is 96.1 Å². The van der Waals surface area contributed by atoms with Gasteiger partial charge in [-0.05, 0) is 116 Å². The normalized spacial score (nSPS) is 20.8. The van der Waals surface area contributed by atoms with Crippen LogP contribution in [0.25, 0.3) is 33.4 Å². The number of aryl methyl sites for hydroxylation is 1. The highest BCUT2D eigenvalue weighted by Gasteiger charge is 2.52. The first-order chi connectivity index (χ1) is 24.1. The summed E-state index contributed by atoms with van der Waals surface area (Å²) in [6, 6.07) is 15.7. The van der Waals surface area contributed by atoms with Crippen molar-refractivity contribution in [2.75, 3.05) is 6.54 Å². The molecule has 6 heterocycles. The quantitative estimate of drug-likeness (QED) is 0.184. The Morgan fingerprint density at radius 3 is 2.57 bits per heavy atom. The van der Waals surface area contributed by atoms with Gasteiger partial charge >= 0.3 is 13.2 Å². The second-order valence-electron chi connectivity index (χ2n) is 15.8. The number of amides is 1. The molecule has 0 saturated carbocycles. The fourth-order valence-electron chi connectivity index (χ4n) is 7.23. The average molecular weight is 711 g/mol. The summed E-state index contributed by atoms with van der Waals surface area (Å²) >= 11 is 1.70. The van der Waals surface area contributed by atoms with Gasteiger partial charge in [0.15, 0.2) is 0 Å². The Hall–Kier alpha value is -4.13. The molecule has 1 N–H and O–H groups in total. The van der Waals surface area contributed by atoms with Crippen LogP contribution < -0.4 is 10.2 Å². The number of ether oxygens (including phenoxy) is 2. The molecule has 51 heavy (non-hydrogen) atoms. The van der Waals surface area contributed by atoms with E-state index in [2.05, 4.69) is 40.7 Å². The summed E-state index contributed by atoms with van der Waals surface area (Å²) in [4.78, 5) is 25.2. The number of halogens is 1. The molecule has 3 aliphatic heterocycles. The first kappa shape index (κ1) is 34.0. The van der Waals surface area contributed by atoms with E-state index in [-0.39, 0.29) is 12.1 Å². The number of nitrogens with zero attached hydrogens (tertiary/aromatic N) is 3. The molecule has 0 radical (unpaired) electrons. The fourth-order valence-corrected chi connectivity index (χ4v) is 8.20. The van der Waals surface area contributed by atoms with Gasteiger partial charge in [-0.2, -0.15) is 0 Å². The van der Waals surface area contributed by atoms with Crippen LogP contribution in [-0.2, 0) is 20.5 Å². The topological polar surface area (TPSA) is 90.8 Å². The number of hydrogen-bond donors (Lipinski definition) is 1. The van der Waals surface area contributed by atoms with E-state index in [0.29, 0.717) is 23.3 Å². The lowest BCUT2D eigenvalue weighted by Gasteiger charge is -2.32. The molecule has 2 aromatic carbocycles. The van der Waals surface area contributed by atoms with Crippen LogP contribution in [0.5, 0.6) is 5.75 Å². The molecular formula is C39H44BFN4O5S. The maximum absolute atomic E-state index is 16.4. The van der Waals surface area contributed by atoms with Gasteiger partial charge in [-0.3, -0.25) is 9.47 Å². The van der Waals surface area contributed by atoms with Crippen LogP contribution in [0.4, 0.5) is 9.18 Å². The molecule has 266 valence electrons. The van der Waals surface area contributed by atoms with Crippen molar-refractivity contribution in [3.63, 3.8) is 0 Å². The number of carbonyl (C=O) groups is 1. The molecule has 8 rings (SSSR count). The van der Waals surface area contributed by atoms with E-state index >= 15 is 4.39 Å². The van der Waals surface area contributed by atoms with Crippen molar-refractivity contribution in [2.24, 2.45) is 0 Å². The minimum Gasteiger partial charge on any atom is -0.464 e. The number of benzene rings is 2. The van der Waals surface area contributed by atoms with E-state index in [9.17, 15) is 4.79 Å². The summed E-state index contributed by atoms with van der Waals surface area (Å²) in [5.74, 6) is 0.789. The maximum atomic E-state index is 16.4. The molecule has 3 aromatic heterocycles. The second kappa shape index (κ2) is 12.0. The third kappa shape index (κ3) is 5.85. The molecule has 0 bridgehead atoms. The zero-order valence-corrected chi connectivity index (χ0v) is 31.2. The zero-order valence-electron chi connectivity index (χ0n) is 30.4. The van der Waals surface area contributed by atoms with E-state index in [1.54, 1.807) is 16.2 Å². The lowest BCUT2D eigenvalue weighted by molar-refractivity contribution is 0.00578. The van der Waals surface area contributed by atoms with Crippen LogP contribution in [0.3, 0.4) is 0 Å². The summed E-state index contributed by atoms with van der Waals surface area (Å²) in [6.45, 7) is 16.3. The molecule has 2 fully saturated rings. The van der Waals surface area contributed by atoms with Crippen LogP contribution in [0.15, 0.2) is 54.7 Å². The highest BCUT2D eigenvalue weighted by atomic mass is 32.1. The van der Waals surface area contributed by atoms with Gasteiger partial charge in [-0.1, -0.05) is 13.0 Å². The molecule has 9 nitrogen and oxygen atoms in total. The number of H-pyrrole nitrogens is 1. The number of hydrogen-bond acceptors (Lipinski definition) is 7. The van der Waals surface area contributed by atoms with E-state index in [4.69, 9.17) is 23.8 Å². The first-order valence-electron chi connectivity index (χ1n) is 17.8. The predicted molar refractivity (Wildman–Crippen MR) is 198 cm³/mol. The van der Waals surface area contributed by atoms with Gasteiger partial charge in [0.25, 0.3) is 0 Å². The average Bonchev–Trinajstić information content (AvgIpc) is 3.89. The van der Waals surface area contributed by atoms with E-state index in [1.165, 1.54) is 10.9 Å². The highest BCUT2D eigenvalue weighted by molar-refractivity contribution is 7.12. The lowest BCUT2D eigenvalue weighted by Crippen LogP contribution is -2.41. The number of nitrogens with one attached hydrogen (secondary N) is 1. The van der Waals surface area contributed by atoms with Gasteiger partial charge in [-0.15, -0.1) is 11.3 Å². The smallest absolute Gasteiger partial charge is 0.464 e. The Labute approximate surface area is 302 Å². The number of aromatic nitrogens is 3. The summed E-state index contributed by atoms with van der Waals surface area (Å²) in [7, 11) is -0.722. The molecule has 2 unspecified atom stereocenters. The fraction of sp³-hybridized carbons (Fsp3) is 0.436. The van der Waals surface area contributed by atoms with E-state index in [0.717, 1.165) is 57.8 Å². The minimum absolute atomic E-state index is 0.183. The van der Waals surface area contributed by atoms with E-state index < -0.39 is 36.0 Å². The van der Waals surface area contributed by atoms with Gasteiger partial charge in [0, 0.05) is 22.4 Å². The molecule has 1 amide bonds. The Morgan fingerprint density at radius 2 is 1.86 bits per heavy atom. The summed E-state index contributed by atoms with van der Waals surface area (Å²) in [5.41, 5.74) is 2.73. The third-order valence-corrected chi connectivity index (χ3v) is 11.8. The highest BCUT2D eigenvalue weighted by Crippen LogP contribution is 2.47. The van der Waals surface area contributed by atoms with Gasteiger partial charge in [-0.25, -0.2) is 14.2 Å². The van der Waals surface area contributed by atoms with Crippen molar-refractivity contribution >= 4 is 40.9 Å². The van der Waals surface area contributed by atoms with Gasteiger partial charge in [0.1, 0.15) is 23.0 Å². The monoisotopic (exact) mass is 710 g/mol. The van der Waals surface area contributed by atoms with Gasteiger partial charge < -0.3 is 23.8 Å². The second-order valence-corrected chi connectivity index (χ2v) is 17.0. The largest absolute Gasteiger partial charge is 0.495 e. The van der Waals surface area contributed by atoms with Gasteiger partial charge in [0.2, 0.25) is 6.23 Å². The lowest BCUT2D eigenvalue weighted by atomic mass is 9.78. The molecule has 0 aliphatic carbocycles. The van der Waals surface area contributed by atoms with Crippen LogP contribution in [-0.4, -0.2) is 56.0 Å². The maximum Gasteiger partial charge on any atom is 0.495 e. The van der Waals surface area contributed by atoms with E-state index in [1.807, 2.05) is 72.9 Å². The Kier molecular flexibility index (Phi) is 7.97. The molecule has 2 atom stereocenters. The van der Waals surface area contributed by atoms with Gasteiger partial charge in [0.05, 0.1) is 50.8 Å². The zero-order chi connectivity index (χ0) is 36.0. The molecule has 0 spiro atoms. The third-order valence-electron chi connectivity index (χ3n) is 10.5. The molecule has 5 aromatic rings. The van der Waals surface area contributed by atoms with Crippen LogP contribution in [0.2, 0.25) is 0 Å². The Morgan fingerprint density at radius 1 is 1.10 bits per heavy atom. The Bertz CT molecular complexity index is 2150. The molecular weight excluding hydrogens is 666 g/mol. The minimum atomic E-state index is -0.722. The van der Waals surface area contributed by atoms with Crippen LogP contribution in [0, 0.1) is 5.82 Å². The Balaban J connectivity index is 1.18. The number of likely N-dealkylation sites (tertiary alicyclic amines) is 1. The number of thiophene rings is 1. The van der Waals surface area contributed by atoms with Crippen LogP contribution >= 0.6 is 11.3 Å². The van der Waals surface area contributed by atoms with Crippen molar-refractivity contribution in [1.29, 1.82) is 0 Å². The molecule has 12 heteroatoms. The predicted octanol–water partition coefficient (Wildman–Crippen LogP) is 8.77. The standard InChI is InChI=1S/C39H44BFN4O5S/c1-9-25-13-15-32(51-25)35-45-28-14-12-22(27-21-42-34(43-27)29-11-10-16-44(29)36(46)48-37(2,3)4)17-23(28)18-30(45)33-26(41)19-24(20-31(33)47-35)40-49-38(5,6)39(7,8)50-40/h12-15,17-21,29,35H,9-11,16H2,1-8H3,(H,42,43). The van der Waals surface area contributed by atoms with Crippen molar-refractivity contribution in [2.45, 2.75) is 104 Å².